The first-order valence-corrected chi connectivity index (χ1v) is 9.05. The van der Waals surface area contributed by atoms with E-state index in [1.165, 1.54) is 10.6 Å². The number of aryl methyl sites for hydroxylation is 1. The van der Waals surface area contributed by atoms with E-state index in [1.807, 2.05) is 13.0 Å². The number of nitrogens with zero attached hydrogens (tertiary/aromatic N) is 4. The molecule has 1 atom stereocenters. The van der Waals surface area contributed by atoms with Crippen molar-refractivity contribution in [1.29, 1.82) is 0 Å². The van der Waals surface area contributed by atoms with Gasteiger partial charge in [0, 0.05) is 31.2 Å². The molecule has 118 valence electrons. The summed E-state index contributed by atoms with van der Waals surface area (Å²) in [5.41, 5.74) is 3.38. The van der Waals surface area contributed by atoms with E-state index in [1.54, 1.807) is 12.4 Å². The van der Waals surface area contributed by atoms with Gasteiger partial charge in [0.2, 0.25) is 10.0 Å². The highest BCUT2D eigenvalue weighted by molar-refractivity contribution is 7.88. The number of nitrogens with one attached hydrogen (secondary N) is 1. The highest BCUT2D eigenvalue weighted by atomic mass is 32.2. The molecule has 2 aromatic heterocycles. The number of aromatic amines is 1. The van der Waals surface area contributed by atoms with Crippen LogP contribution in [0.2, 0.25) is 0 Å². The van der Waals surface area contributed by atoms with Crippen molar-refractivity contribution in [2.24, 2.45) is 5.92 Å². The Morgan fingerprint density at radius 3 is 2.77 bits per heavy atom. The first-order chi connectivity index (χ1) is 10.4. The smallest absolute Gasteiger partial charge is 0.211 e. The predicted octanol–water partition coefficient (Wildman–Crippen LogP) is 0.999. The lowest BCUT2D eigenvalue weighted by atomic mass is 10.0. The van der Waals surface area contributed by atoms with Gasteiger partial charge in [-0.15, -0.1) is 0 Å². The summed E-state index contributed by atoms with van der Waals surface area (Å²) >= 11 is 0. The van der Waals surface area contributed by atoms with Gasteiger partial charge in [0.05, 0.1) is 11.9 Å². The fraction of sp³-hybridized carbons (Fsp3) is 0.500. The van der Waals surface area contributed by atoms with Crippen LogP contribution in [0.1, 0.15) is 17.8 Å². The molecular weight excluding hydrogens is 302 g/mol. The Labute approximate surface area is 129 Å². The summed E-state index contributed by atoms with van der Waals surface area (Å²) in [7, 11) is -3.11. The highest BCUT2D eigenvalue weighted by Gasteiger charge is 2.29. The second-order valence-electron chi connectivity index (χ2n) is 5.77. The van der Waals surface area contributed by atoms with Crippen molar-refractivity contribution in [3.05, 3.63) is 29.8 Å². The predicted molar refractivity (Wildman–Crippen MR) is 82.6 cm³/mol. The maximum Gasteiger partial charge on any atom is 0.211 e. The van der Waals surface area contributed by atoms with Crippen molar-refractivity contribution in [1.82, 2.24) is 24.5 Å². The summed E-state index contributed by atoms with van der Waals surface area (Å²) in [5.74, 6) is 0.269. The second kappa shape index (κ2) is 5.77. The van der Waals surface area contributed by atoms with Crippen molar-refractivity contribution in [2.45, 2.75) is 19.8 Å². The molecule has 0 spiro atoms. The third-order valence-electron chi connectivity index (χ3n) is 3.92. The molecule has 3 heterocycles. The molecular formula is C14H19N5O2S. The lowest BCUT2D eigenvalue weighted by Crippen LogP contribution is -2.27. The van der Waals surface area contributed by atoms with Crippen LogP contribution in [-0.2, 0) is 16.4 Å². The Morgan fingerprint density at radius 2 is 2.14 bits per heavy atom. The molecule has 0 bridgehead atoms. The Morgan fingerprint density at radius 1 is 1.36 bits per heavy atom. The van der Waals surface area contributed by atoms with Crippen molar-refractivity contribution in [3.63, 3.8) is 0 Å². The standard InChI is InChI=1S/C14H19N5O2S/c1-10-7-13(18-17-10)14-12(15-4-5-16-14)8-11-3-6-19(9-11)22(2,20)21/h4-5,7,11H,3,6,8-9H2,1-2H3,(H,17,18). The maximum absolute atomic E-state index is 11.6. The molecule has 1 unspecified atom stereocenters. The quantitative estimate of drug-likeness (QED) is 0.907. The average molecular weight is 321 g/mol. The summed E-state index contributed by atoms with van der Waals surface area (Å²) in [6.07, 6.45) is 6.14. The topological polar surface area (TPSA) is 91.8 Å². The monoisotopic (exact) mass is 321 g/mol. The van der Waals surface area contributed by atoms with Gasteiger partial charge in [-0.25, -0.2) is 12.7 Å². The Hall–Kier alpha value is -1.80. The van der Waals surface area contributed by atoms with Crippen molar-refractivity contribution in [2.75, 3.05) is 19.3 Å². The Balaban J connectivity index is 1.80. The van der Waals surface area contributed by atoms with Crippen molar-refractivity contribution in [3.8, 4) is 11.4 Å². The van der Waals surface area contributed by atoms with Crippen molar-refractivity contribution < 1.29 is 8.42 Å². The lowest BCUT2D eigenvalue weighted by molar-refractivity contribution is 0.459. The zero-order chi connectivity index (χ0) is 15.7. The third-order valence-corrected chi connectivity index (χ3v) is 5.19. The fourth-order valence-electron chi connectivity index (χ4n) is 2.81. The van der Waals surface area contributed by atoms with Gasteiger partial charge >= 0.3 is 0 Å². The van der Waals surface area contributed by atoms with Crippen LogP contribution in [0.15, 0.2) is 18.5 Å². The van der Waals surface area contributed by atoms with E-state index >= 15 is 0 Å². The van der Waals surface area contributed by atoms with E-state index < -0.39 is 10.0 Å². The molecule has 1 N–H and O–H groups in total. The molecule has 0 amide bonds. The van der Waals surface area contributed by atoms with E-state index in [0.717, 1.165) is 29.2 Å². The van der Waals surface area contributed by atoms with E-state index in [0.29, 0.717) is 19.5 Å². The van der Waals surface area contributed by atoms with Crippen LogP contribution in [0.3, 0.4) is 0 Å². The van der Waals surface area contributed by atoms with Gasteiger partial charge in [0.15, 0.2) is 0 Å². The van der Waals surface area contributed by atoms with Crippen LogP contribution >= 0.6 is 0 Å². The van der Waals surface area contributed by atoms with Crippen LogP contribution in [0, 0.1) is 12.8 Å². The number of sulfonamides is 1. The van der Waals surface area contributed by atoms with Gasteiger partial charge in [-0.3, -0.25) is 15.1 Å². The minimum Gasteiger partial charge on any atom is -0.282 e. The Bertz CT molecular complexity index is 771. The molecule has 2 aromatic rings. The fourth-order valence-corrected chi connectivity index (χ4v) is 3.73. The minimum atomic E-state index is -3.11. The summed E-state index contributed by atoms with van der Waals surface area (Å²) in [4.78, 5) is 8.83. The van der Waals surface area contributed by atoms with Crippen LogP contribution in [0.5, 0.6) is 0 Å². The van der Waals surface area contributed by atoms with Gasteiger partial charge in [-0.2, -0.15) is 5.10 Å². The molecule has 1 fully saturated rings. The number of H-pyrrole nitrogens is 1. The van der Waals surface area contributed by atoms with Gasteiger partial charge in [-0.1, -0.05) is 0 Å². The van der Waals surface area contributed by atoms with E-state index in [-0.39, 0.29) is 5.92 Å². The molecule has 3 rings (SSSR count). The first kappa shape index (κ1) is 15.1. The molecule has 0 radical (unpaired) electrons. The number of rotatable bonds is 4. The molecule has 8 heteroatoms. The van der Waals surface area contributed by atoms with E-state index in [9.17, 15) is 8.42 Å². The van der Waals surface area contributed by atoms with E-state index in [2.05, 4.69) is 20.2 Å². The van der Waals surface area contributed by atoms with Crippen molar-refractivity contribution >= 4 is 10.0 Å². The lowest BCUT2D eigenvalue weighted by Gasteiger charge is -2.13. The molecule has 0 aromatic carbocycles. The largest absolute Gasteiger partial charge is 0.282 e. The van der Waals surface area contributed by atoms with Gasteiger partial charge in [0.25, 0.3) is 0 Å². The molecule has 1 aliphatic rings. The maximum atomic E-state index is 11.6. The van der Waals surface area contributed by atoms with Gasteiger partial charge in [-0.05, 0) is 31.7 Å². The number of hydrogen-bond donors (Lipinski definition) is 1. The van der Waals surface area contributed by atoms with Crippen LogP contribution in [0.4, 0.5) is 0 Å². The first-order valence-electron chi connectivity index (χ1n) is 7.21. The minimum absolute atomic E-state index is 0.269. The molecule has 0 aliphatic carbocycles. The molecule has 0 saturated carbocycles. The average Bonchev–Trinajstić information content (AvgIpc) is 3.08. The number of aromatic nitrogens is 4. The van der Waals surface area contributed by atoms with Crippen LogP contribution < -0.4 is 0 Å². The summed E-state index contributed by atoms with van der Waals surface area (Å²) in [5, 5.41) is 7.15. The van der Waals surface area contributed by atoms with Crippen LogP contribution in [-0.4, -0.2) is 52.2 Å². The molecule has 22 heavy (non-hydrogen) atoms. The third kappa shape index (κ3) is 3.17. The van der Waals surface area contributed by atoms with Gasteiger partial charge in [0.1, 0.15) is 11.4 Å². The van der Waals surface area contributed by atoms with E-state index in [4.69, 9.17) is 0 Å². The summed E-state index contributed by atoms with van der Waals surface area (Å²) < 4.78 is 24.7. The zero-order valence-electron chi connectivity index (χ0n) is 12.7. The molecule has 1 aliphatic heterocycles. The SMILES string of the molecule is Cc1cc(-c2nccnc2CC2CCN(S(C)(=O)=O)C2)n[nH]1. The van der Waals surface area contributed by atoms with Crippen LogP contribution in [0.25, 0.3) is 11.4 Å². The molecule has 7 nitrogen and oxygen atoms in total. The second-order valence-corrected chi connectivity index (χ2v) is 7.75. The van der Waals surface area contributed by atoms with Gasteiger partial charge < -0.3 is 0 Å². The zero-order valence-corrected chi connectivity index (χ0v) is 13.5. The summed E-state index contributed by atoms with van der Waals surface area (Å²) in [6, 6.07) is 1.94. The highest BCUT2D eigenvalue weighted by Crippen LogP contribution is 2.26. The summed E-state index contributed by atoms with van der Waals surface area (Å²) in [6.45, 7) is 3.07. The molecule has 1 saturated heterocycles. The Kier molecular flexibility index (Phi) is 3.96. The normalized spacial score (nSPS) is 19.6. The number of hydrogen-bond acceptors (Lipinski definition) is 5.